The van der Waals surface area contributed by atoms with Crippen LogP contribution >= 0.6 is 0 Å². The topological polar surface area (TPSA) is 52.7 Å². The summed E-state index contributed by atoms with van der Waals surface area (Å²) in [5, 5.41) is 2.82. The summed E-state index contributed by atoms with van der Waals surface area (Å²) in [5.41, 5.74) is 1.40. The smallest absolute Gasteiger partial charge is 0.227 e. The monoisotopic (exact) mass is 343 g/mol. The van der Waals surface area contributed by atoms with Crippen molar-refractivity contribution in [3.05, 3.63) is 35.9 Å². The van der Waals surface area contributed by atoms with Gasteiger partial charge in [-0.2, -0.15) is 0 Å². The largest absolute Gasteiger partial charge is 0.355 e. The first-order chi connectivity index (χ1) is 12.2. The number of piperidine rings is 1. The third kappa shape index (κ3) is 5.30. The van der Waals surface area contributed by atoms with Crippen molar-refractivity contribution < 1.29 is 9.59 Å². The molecule has 2 amide bonds. The minimum atomic E-state index is -0.0256. The number of nitrogens with zero attached hydrogens (tertiary/aromatic N) is 2. The van der Waals surface area contributed by atoms with Crippen LogP contribution in [0.25, 0.3) is 0 Å². The van der Waals surface area contributed by atoms with Gasteiger partial charge >= 0.3 is 0 Å². The molecule has 0 aliphatic carbocycles. The molecule has 2 fully saturated rings. The molecule has 1 aromatic rings. The van der Waals surface area contributed by atoms with E-state index in [9.17, 15) is 9.59 Å². The molecule has 0 saturated carbocycles. The van der Waals surface area contributed by atoms with E-state index < -0.39 is 0 Å². The van der Waals surface area contributed by atoms with E-state index in [0.717, 1.165) is 52.0 Å². The van der Waals surface area contributed by atoms with Crippen molar-refractivity contribution in [2.24, 2.45) is 5.92 Å². The van der Waals surface area contributed by atoms with Crippen LogP contribution in [0.15, 0.2) is 30.3 Å². The summed E-state index contributed by atoms with van der Waals surface area (Å²) in [7, 11) is 0. The Morgan fingerprint density at radius 2 is 1.96 bits per heavy atom. The standard InChI is InChI=1S/C20H29N3O2/c24-19-10-9-18(16-21-19)20(25)23-13-5-12-22(14-15-23)11-4-8-17-6-2-1-3-7-17/h1-3,6-7,18H,4-5,8-16H2,(H,21,24)/t18-/m1/s1. The van der Waals surface area contributed by atoms with Crippen LogP contribution in [0.4, 0.5) is 0 Å². The van der Waals surface area contributed by atoms with Gasteiger partial charge in [0.1, 0.15) is 0 Å². The Kier molecular flexibility index (Phi) is 6.45. The fourth-order valence-electron chi connectivity index (χ4n) is 3.77. The predicted octanol–water partition coefficient (Wildman–Crippen LogP) is 1.68. The minimum absolute atomic E-state index is 0.0256. The Morgan fingerprint density at radius 1 is 1.12 bits per heavy atom. The number of benzene rings is 1. The summed E-state index contributed by atoms with van der Waals surface area (Å²) in [6, 6.07) is 10.6. The molecule has 2 aliphatic rings. The maximum atomic E-state index is 12.7. The fourth-order valence-corrected chi connectivity index (χ4v) is 3.77. The number of aryl methyl sites for hydroxylation is 1. The van der Waals surface area contributed by atoms with Gasteiger partial charge in [-0.3, -0.25) is 9.59 Å². The van der Waals surface area contributed by atoms with E-state index in [1.807, 2.05) is 4.90 Å². The van der Waals surface area contributed by atoms with Crippen LogP contribution in [0.3, 0.4) is 0 Å². The highest BCUT2D eigenvalue weighted by Crippen LogP contribution is 2.16. The number of nitrogens with one attached hydrogen (secondary N) is 1. The van der Waals surface area contributed by atoms with Gasteiger partial charge in [0.15, 0.2) is 0 Å². The predicted molar refractivity (Wildman–Crippen MR) is 98.1 cm³/mol. The molecule has 0 radical (unpaired) electrons. The van der Waals surface area contributed by atoms with E-state index >= 15 is 0 Å². The molecule has 3 rings (SSSR count). The summed E-state index contributed by atoms with van der Waals surface area (Å²) < 4.78 is 0. The van der Waals surface area contributed by atoms with Crippen LogP contribution in [0, 0.1) is 5.92 Å². The highest BCUT2D eigenvalue weighted by Gasteiger charge is 2.29. The van der Waals surface area contributed by atoms with Crippen molar-refractivity contribution in [1.82, 2.24) is 15.1 Å². The molecule has 2 saturated heterocycles. The first-order valence-corrected chi connectivity index (χ1v) is 9.54. The van der Waals surface area contributed by atoms with Crippen molar-refractivity contribution in [3.63, 3.8) is 0 Å². The average Bonchev–Trinajstić information content (AvgIpc) is 2.88. The molecule has 0 bridgehead atoms. The van der Waals surface area contributed by atoms with E-state index in [-0.39, 0.29) is 17.7 Å². The summed E-state index contributed by atoms with van der Waals surface area (Å²) in [6.45, 7) is 5.29. The fraction of sp³-hybridized carbons (Fsp3) is 0.600. The molecule has 5 heteroatoms. The van der Waals surface area contributed by atoms with Gasteiger partial charge in [0.25, 0.3) is 0 Å². The Bertz CT molecular complexity index is 566. The summed E-state index contributed by atoms with van der Waals surface area (Å²) >= 11 is 0. The number of hydrogen-bond donors (Lipinski definition) is 1. The van der Waals surface area contributed by atoms with Crippen molar-refractivity contribution in [3.8, 4) is 0 Å². The van der Waals surface area contributed by atoms with E-state index in [4.69, 9.17) is 0 Å². The van der Waals surface area contributed by atoms with Crippen molar-refractivity contribution in [2.75, 3.05) is 39.3 Å². The zero-order valence-corrected chi connectivity index (χ0v) is 15.0. The zero-order valence-electron chi connectivity index (χ0n) is 15.0. The summed E-state index contributed by atoms with van der Waals surface area (Å²) in [4.78, 5) is 28.4. The zero-order chi connectivity index (χ0) is 17.5. The number of amides is 2. The lowest BCUT2D eigenvalue weighted by molar-refractivity contribution is -0.137. The van der Waals surface area contributed by atoms with Crippen LogP contribution in [-0.2, 0) is 16.0 Å². The molecule has 5 nitrogen and oxygen atoms in total. The summed E-state index contributed by atoms with van der Waals surface area (Å²) in [6.07, 6.45) is 4.49. The summed E-state index contributed by atoms with van der Waals surface area (Å²) in [5.74, 6) is 0.276. The Balaban J connectivity index is 1.41. The molecule has 0 unspecified atom stereocenters. The number of carbonyl (C=O) groups excluding carboxylic acids is 2. The van der Waals surface area contributed by atoms with Gasteiger partial charge in [-0.25, -0.2) is 0 Å². The van der Waals surface area contributed by atoms with E-state index in [2.05, 4.69) is 40.5 Å². The van der Waals surface area contributed by atoms with Gasteiger partial charge in [0.05, 0.1) is 5.92 Å². The molecule has 0 spiro atoms. The van der Waals surface area contributed by atoms with Gasteiger partial charge < -0.3 is 15.1 Å². The Hall–Kier alpha value is -1.88. The second-order valence-electron chi connectivity index (χ2n) is 7.15. The lowest BCUT2D eigenvalue weighted by atomic mass is 9.97. The molecule has 1 N–H and O–H groups in total. The highest BCUT2D eigenvalue weighted by atomic mass is 16.2. The Labute approximate surface area is 150 Å². The van der Waals surface area contributed by atoms with Crippen LogP contribution in [-0.4, -0.2) is 60.9 Å². The molecule has 2 heterocycles. The number of carbonyl (C=O) groups is 2. The molecule has 2 aliphatic heterocycles. The first-order valence-electron chi connectivity index (χ1n) is 9.54. The van der Waals surface area contributed by atoms with Crippen molar-refractivity contribution >= 4 is 11.8 Å². The van der Waals surface area contributed by atoms with Crippen molar-refractivity contribution in [2.45, 2.75) is 32.1 Å². The maximum absolute atomic E-state index is 12.7. The second kappa shape index (κ2) is 8.99. The SMILES string of the molecule is O=C1CC[C@@H](C(=O)N2CCCN(CCCc3ccccc3)CC2)CN1. The molecule has 0 aromatic heterocycles. The highest BCUT2D eigenvalue weighted by molar-refractivity contribution is 5.83. The normalized spacial score (nSPS) is 22.3. The average molecular weight is 343 g/mol. The van der Waals surface area contributed by atoms with E-state index in [1.165, 1.54) is 5.56 Å². The van der Waals surface area contributed by atoms with Gasteiger partial charge in [-0.15, -0.1) is 0 Å². The number of hydrogen-bond acceptors (Lipinski definition) is 3. The van der Waals surface area contributed by atoms with E-state index in [0.29, 0.717) is 19.4 Å². The van der Waals surface area contributed by atoms with Crippen LogP contribution in [0.2, 0.25) is 0 Å². The van der Waals surface area contributed by atoms with Gasteiger partial charge in [0.2, 0.25) is 11.8 Å². The quantitative estimate of drug-likeness (QED) is 0.885. The maximum Gasteiger partial charge on any atom is 0.227 e. The van der Waals surface area contributed by atoms with Gasteiger partial charge in [-0.05, 0) is 44.3 Å². The molecule has 136 valence electrons. The lowest BCUT2D eigenvalue weighted by Crippen LogP contribution is -2.45. The molecular weight excluding hydrogens is 314 g/mol. The van der Waals surface area contributed by atoms with Gasteiger partial charge in [0, 0.05) is 32.6 Å². The van der Waals surface area contributed by atoms with Crippen LogP contribution in [0.5, 0.6) is 0 Å². The Morgan fingerprint density at radius 3 is 2.72 bits per heavy atom. The molecule has 1 aromatic carbocycles. The lowest BCUT2D eigenvalue weighted by Gasteiger charge is -2.28. The third-order valence-electron chi connectivity index (χ3n) is 5.30. The second-order valence-corrected chi connectivity index (χ2v) is 7.15. The third-order valence-corrected chi connectivity index (χ3v) is 5.30. The number of rotatable bonds is 5. The molecular formula is C20H29N3O2. The van der Waals surface area contributed by atoms with Gasteiger partial charge in [-0.1, -0.05) is 30.3 Å². The van der Waals surface area contributed by atoms with E-state index in [1.54, 1.807) is 0 Å². The molecule has 1 atom stereocenters. The van der Waals surface area contributed by atoms with Crippen LogP contribution in [0.1, 0.15) is 31.2 Å². The van der Waals surface area contributed by atoms with Crippen molar-refractivity contribution in [1.29, 1.82) is 0 Å². The minimum Gasteiger partial charge on any atom is -0.355 e. The van der Waals surface area contributed by atoms with Crippen LogP contribution < -0.4 is 5.32 Å². The first kappa shape index (κ1) is 17.9. The molecule has 25 heavy (non-hydrogen) atoms.